The number of para-hydroxylation sites is 2. The molecule has 0 aliphatic carbocycles. The Balaban J connectivity index is 0.000000275. The number of aromatic nitrogens is 2. The van der Waals surface area contributed by atoms with Gasteiger partial charge in [-0.2, -0.15) is 0 Å². The molecule has 12 nitrogen and oxygen atoms in total. The molecule has 1 saturated heterocycles. The molecule has 44 heavy (non-hydrogen) atoms. The number of rotatable bonds is 9. The van der Waals surface area contributed by atoms with Gasteiger partial charge < -0.3 is 30.3 Å². The van der Waals surface area contributed by atoms with Crippen molar-refractivity contribution in [1.82, 2.24) is 14.9 Å². The number of carboxylic acids is 4. The highest BCUT2D eigenvalue weighted by atomic mass is 16.4. The van der Waals surface area contributed by atoms with E-state index in [1.807, 2.05) is 0 Å². The van der Waals surface area contributed by atoms with Gasteiger partial charge in [-0.15, -0.1) is 0 Å². The number of hydrogen-bond acceptors (Lipinski definition) is 7. The Morgan fingerprint density at radius 2 is 1.30 bits per heavy atom. The van der Waals surface area contributed by atoms with E-state index < -0.39 is 23.9 Å². The Labute approximate surface area is 253 Å². The van der Waals surface area contributed by atoms with E-state index in [1.165, 1.54) is 34.8 Å². The summed E-state index contributed by atoms with van der Waals surface area (Å²) >= 11 is 0. The fourth-order valence-corrected chi connectivity index (χ4v) is 4.55. The summed E-state index contributed by atoms with van der Waals surface area (Å²) in [7, 11) is 0. The number of piperazine rings is 1. The number of carboxylic acid groups (broad SMARTS) is 4. The highest BCUT2D eigenvalue weighted by molar-refractivity contribution is 5.90. The SMILES string of the molecule is O=C(O)/C=C\C(=O)O.O=C(O)/C=C\C(=O)O.c1ccc2nc(N3CCN(CCCc4c[nH]c5ccccc45)CC3)ccc2c1. The maximum Gasteiger partial charge on any atom is 0.328 e. The first-order valence-corrected chi connectivity index (χ1v) is 13.8. The molecule has 1 aliphatic heterocycles. The summed E-state index contributed by atoms with van der Waals surface area (Å²) in [5, 5.41) is 33.8. The quantitative estimate of drug-likeness (QED) is 0.175. The normalized spacial score (nSPS) is 13.3. The largest absolute Gasteiger partial charge is 0.478 e. The monoisotopic (exact) mass is 602 g/mol. The molecule has 2 aromatic carbocycles. The summed E-state index contributed by atoms with van der Waals surface area (Å²) in [5.41, 5.74) is 3.77. The van der Waals surface area contributed by atoms with Gasteiger partial charge in [0.05, 0.1) is 5.52 Å². The minimum atomic E-state index is -1.26. The van der Waals surface area contributed by atoms with E-state index in [2.05, 4.69) is 81.6 Å². The van der Waals surface area contributed by atoms with Crippen molar-refractivity contribution >= 4 is 51.5 Å². The number of pyridine rings is 1. The van der Waals surface area contributed by atoms with Crippen molar-refractivity contribution in [2.75, 3.05) is 37.6 Å². The van der Waals surface area contributed by atoms with E-state index >= 15 is 0 Å². The number of aliphatic carboxylic acids is 4. The van der Waals surface area contributed by atoms with Crippen molar-refractivity contribution in [2.24, 2.45) is 0 Å². The molecule has 3 heterocycles. The van der Waals surface area contributed by atoms with E-state index in [1.54, 1.807) is 0 Å². The lowest BCUT2D eigenvalue weighted by molar-refractivity contribution is -0.134. The number of H-pyrrole nitrogens is 1. The number of nitrogens with one attached hydrogen (secondary N) is 1. The third-order valence-electron chi connectivity index (χ3n) is 6.61. The molecular weight excluding hydrogens is 568 g/mol. The minimum absolute atomic E-state index is 0.558. The van der Waals surface area contributed by atoms with Gasteiger partial charge in [-0.05, 0) is 49.2 Å². The lowest BCUT2D eigenvalue weighted by Crippen LogP contribution is -2.47. The molecule has 0 amide bonds. The predicted molar refractivity (Wildman–Crippen MR) is 166 cm³/mol. The Morgan fingerprint density at radius 3 is 1.91 bits per heavy atom. The average Bonchev–Trinajstić information content (AvgIpc) is 3.43. The highest BCUT2D eigenvalue weighted by Gasteiger charge is 2.18. The van der Waals surface area contributed by atoms with E-state index in [4.69, 9.17) is 25.4 Å². The van der Waals surface area contributed by atoms with Crippen LogP contribution in [0.3, 0.4) is 0 Å². The molecule has 4 aromatic rings. The maximum atomic E-state index is 9.55. The van der Waals surface area contributed by atoms with Gasteiger partial charge in [0.15, 0.2) is 0 Å². The van der Waals surface area contributed by atoms with E-state index in [0.717, 1.165) is 43.9 Å². The molecule has 0 bridgehead atoms. The van der Waals surface area contributed by atoms with Gasteiger partial charge in [-0.3, -0.25) is 4.90 Å². The van der Waals surface area contributed by atoms with Crippen molar-refractivity contribution in [3.05, 3.63) is 96.7 Å². The summed E-state index contributed by atoms with van der Waals surface area (Å²) in [6.07, 6.45) is 6.75. The van der Waals surface area contributed by atoms with Crippen molar-refractivity contribution in [3.63, 3.8) is 0 Å². The molecule has 1 fully saturated rings. The van der Waals surface area contributed by atoms with Crippen molar-refractivity contribution in [1.29, 1.82) is 0 Å². The van der Waals surface area contributed by atoms with Crippen LogP contribution in [-0.4, -0.2) is 91.9 Å². The Hall–Kier alpha value is -5.49. The lowest BCUT2D eigenvalue weighted by atomic mass is 10.1. The zero-order valence-electron chi connectivity index (χ0n) is 23.9. The Morgan fingerprint density at radius 1 is 0.727 bits per heavy atom. The van der Waals surface area contributed by atoms with E-state index in [0.29, 0.717) is 24.3 Å². The van der Waals surface area contributed by atoms with Crippen LogP contribution in [-0.2, 0) is 25.6 Å². The van der Waals surface area contributed by atoms with Crippen LogP contribution >= 0.6 is 0 Å². The first-order valence-electron chi connectivity index (χ1n) is 13.8. The summed E-state index contributed by atoms with van der Waals surface area (Å²) < 4.78 is 0. The van der Waals surface area contributed by atoms with Crippen LogP contribution in [0.5, 0.6) is 0 Å². The topological polar surface area (TPSA) is 184 Å². The standard InChI is InChI=1S/C24H26N4.2C4H4O4/c1-3-9-22-19(6-1)11-12-24(26-22)28-16-14-27(15-17-28)13-5-7-20-18-25-23-10-4-2-8-21(20)23;2*5-3(6)1-2-4(7)8/h1-4,6,8-12,18,25H,5,7,13-17H2;2*1-2H,(H,5,6)(H,7,8)/b;2*2-1-. The first kappa shape index (κ1) is 33.0. The number of hydrogen-bond donors (Lipinski definition) is 5. The number of anilines is 1. The van der Waals surface area contributed by atoms with Gasteiger partial charge in [-0.25, -0.2) is 24.2 Å². The second kappa shape index (κ2) is 16.8. The molecule has 0 spiro atoms. The molecule has 230 valence electrons. The summed E-state index contributed by atoms with van der Waals surface area (Å²) in [5.74, 6) is -3.92. The van der Waals surface area contributed by atoms with Crippen LogP contribution < -0.4 is 4.90 Å². The second-order valence-corrected chi connectivity index (χ2v) is 9.67. The molecule has 5 N–H and O–H groups in total. The van der Waals surface area contributed by atoms with Crippen LogP contribution in [0, 0.1) is 0 Å². The first-order chi connectivity index (χ1) is 21.1. The van der Waals surface area contributed by atoms with Gasteiger partial charge in [0.2, 0.25) is 0 Å². The van der Waals surface area contributed by atoms with Crippen molar-refractivity contribution in [2.45, 2.75) is 12.8 Å². The molecule has 0 saturated carbocycles. The lowest BCUT2D eigenvalue weighted by Gasteiger charge is -2.35. The third-order valence-corrected chi connectivity index (χ3v) is 6.61. The number of aryl methyl sites for hydroxylation is 1. The van der Waals surface area contributed by atoms with Crippen LogP contribution in [0.1, 0.15) is 12.0 Å². The molecule has 12 heteroatoms. The number of fused-ring (bicyclic) bond motifs is 2. The zero-order chi connectivity index (χ0) is 31.9. The van der Waals surface area contributed by atoms with Crippen LogP contribution in [0.25, 0.3) is 21.8 Å². The van der Waals surface area contributed by atoms with Crippen molar-refractivity contribution < 1.29 is 39.6 Å². The molecule has 1 aliphatic rings. The van der Waals surface area contributed by atoms with Gasteiger partial charge in [0.25, 0.3) is 0 Å². The fourth-order valence-electron chi connectivity index (χ4n) is 4.55. The molecule has 2 aromatic heterocycles. The van der Waals surface area contributed by atoms with Crippen LogP contribution in [0.2, 0.25) is 0 Å². The van der Waals surface area contributed by atoms with Crippen molar-refractivity contribution in [3.8, 4) is 0 Å². The molecular formula is C32H34N4O8. The number of benzene rings is 2. The van der Waals surface area contributed by atoms with E-state index in [9.17, 15) is 19.2 Å². The van der Waals surface area contributed by atoms with Crippen LogP contribution in [0.15, 0.2) is 91.2 Å². The predicted octanol–water partition coefficient (Wildman–Crippen LogP) is 3.89. The smallest absolute Gasteiger partial charge is 0.328 e. The average molecular weight is 603 g/mol. The second-order valence-electron chi connectivity index (χ2n) is 9.67. The minimum Gasteiger partial charge on any atom is -0.478 e. The maximum absolute atomic E-state index is 9.55. The summed E-state index contributed by atoms with van der Waals surface area (Å²) in [4.78, 5) is 51.5. The molecule has 0 unspecified atom stereocenters. The summed E-state index contributed by atoms with van der Waals surface area (Å²) in [6.45, 7) is 5.50. The molecule has 0 radical (unpaired) electrons. The zero-order valence-corrected chi connectivity index (χ0v) is 23.9. The van der Waals surface area contributed by atoms with Crippen LogP contribution in [0.4, 0.5) is 5.82 Å². The number of nitrogens with zero attached hydrogens (tertiary/aromatic N) is 3. The summed E-state index contributed by atoms with van der Waals surface area (Å²) in [6, 6.07) is 21.3. The Bertz CT molecular complexity index is 1570. The number of aromatic amines is 1. The van der Waals surface area contributed by atoms with Gasteiger partial charge in [0.1, 0.15) is 5.82 Å². The highest BCUT2D eigenvalue weighted by Crippen LogP contribution is 2.21. The van der Waals surface area contributed by atoms with Gasteiger partial charge in [-0.1, -0.05) is 36.4 Å². The molecule has 5 rings (SSSR count). The Kier molecular flexibility index (Phi) is 12.6. The number of carbonyl (C=O) groups is 4. The van der Waals surface area contributed by atoms with Gasteiger partial charge in [0, 0.05) is 73.0 Å². The van der Waals surface area contributed by atoms with E-state index in [-0.39, 0.29) is 0 Å². The molecule has 0 atom stereocenters. The fraction of sp³-hybridized carbons (Fsp3) is 0.219. The third kappa shape index (κ3) is 11.1. The van der Waals surface area contributed by atoms with Gasteiger partial charge >= 0.3 is 23.9 Å².